The zero-order chi connectivity index (χ0) is 11.8. The largest absolute Gasteiger partial charge is 0.477 e. The summed E-state index contributed by atoms with van der Waals surface area (Å²) in [6, 6.07) is 0.334. The quantitative estimate of drug-likeness (QED) is 0.776. The molecule has 2 aliphatic rings. The van der Waals surface area contributed by atoms with Gasteiger partial charge in [0.2, 0.25) is 0 Å². The van der Waals surface area contributed by atoms with Gasteiger partial charge in [-0.1, -0.05) is 11.3 Å². The maximum atomic E-state index is 10.8. The number of nitrogens with zero attached hydrogens (tertiary/aromatic N) is 2. The van der Waals surface area contributed by atoms with Gasteiger partial charge in [-0.2, -0.15) is 0 Å². The SMILES string of the molecule is O=C(O)c1cnc(N2C[C@@H]3NCCO[C@@H]3C2)s1. The summed E-state index contributed by atoms with van der Waals surface area (Å²) < 4.78 is 5.66. The zero-order valence-electron chi connectivity index (χ0n) is 9.13. The zero-order valence-corrected chi connectivity index (χ0v) is 9.94. The highest BCUT2D eigenvalue weighted by Crippen LogP contribution is 2.27. The lowest BCUT2D eigenvalue weighted by atomic mass is 10.2. The Morgan fingerprint density at radius 2 is 2.53 bits per heavy atom. The third-order valence-electron chi connectivity index (χ3n) is 3.08. The molecule has 0 saturated carbocycles. The summed E-state index contributed by atoms with van der Waals surface area (Å²) in [5.74, 6) is -0.917. The van der Waals surface area contributed by atoms with Crippen LogP contribution in [0, 0.1) is 0 Å². The monoisotopic (exact) mass is 255 g/mol. The number of anilines is 1. The highest BCUT2D eigenvalue weighted by atomic mass is 32.1. The third kappa shape index (κ3) is 2.01. The van der Waals surface area contributed by atoms with E-state index in [1.165, 1.54) is 17.5 Å². The maximum Gasteiger partial charge on any atom is 0.347 e. The van der Waals surface area contributed by atoms with Crippen molar-refractivity contribution in [3.8, 4) is 0 Å². The van der Waals surface area contributed by atoms with Gasteiger partial charge in [-0.25, -0.2) is 9.78 Å². The average Bonchev–Trinajstić information content (AvgIpc) is 2.95. The van der Waals surface area contributed by atoms with Crippen molar-refractivity contribution < 1.29 is 14.6 Å². The highest BCUT2D eigenvalue weighted by molar-refractivity contribution is 7.17. The van der Waals surface area contributed by atoms with Gasteiger partial charge in [0.1, 0.15) is 4.88 Å². The van der Waals surface area contributed by atoms with Gasteiger partial charge in [0, 0.05) is 19.6 Å². The average molecular weight is 255 g/mol. The topological polar surface area (TPSA) is 74.7 Å². The number of hydrogen-bond donors (Lipinski definition) is 2. The summed E-state index contributed by atoms with van der Waals surface area (Å²) >= 11 is 1.22. The number of thiazole rings is 1. The standard InChI is InChI=1S/C10H13N3O3S/c14-9(15)8-3-12-10(17-8)13-4-6-7(5-13)16-2-1-11-6/h3,6-7,11H,1-2,4-5H2,(H,14,15)/t6-,7+/m0/s1. The van der Waals surface area contributed by atoms with Crippen LogP contribution in [0.25, 0.3) is 0 Å². The van der Waals surface area contributed by atoms with Gasteiger partial charge in [0.05, 0.1) is 24.9 Å². The Bertz CT molecular complexity index is 422. The minimum atomic E-state index is -0.917. The molecule has 6 nitrogen and oxygen atoms in total. The molecule has 17 heavy (non-hydrogen) atoms. The molecule has 2 atom stereocenters. The fraction of sp³-hybridized carbons (Fsp3) is 0.600. The van der Waals surface area contributed by atoms with Crippen LogP contribution >= 0.6 is 11.3 Å². The van der Waals surface area contributed by atoms with Gasteiger partial charge < -0.3 is 20.1 Å². The van der Waals surface area contributed by atoms with Crippen molar-refractivity contribution in [1.82, 2.24) is 10.3 Å². The number of carboxylic acid groups (broad SMARTS) is 1. The van der Waals surface area contributed by atoms with Crippen molar-refractivity contribution in [2.75, 3.05) is 31.1 Å². The molecule has 0 spiro atoms. The summed E-state index contributed by atoms with van der Waals surface area (Å²) in [6.07, 6.45) is 1.61. The van der Waals surface area contributed by atoms with Crippen molar-refractivity contribution in [3.63, 3.8) is 0 Å². The second kappa shape index (κ2) is 4.25. The van der Waals surface area contributed by atoms with Crippen LogP contribution in [0.3, 0.4) is 0 Å². The van der Waals surface area contributed by atoms with Crippen LogP contribution in [0.15, 0.2) is 6.20 Å². The second-order valence-corrected chi connectivity index (χ2v) is 5.20. The fourth-order valence-corrected chi connectivity index (χ4v) is 3.03. The van der Waals surface area contributed by atoms with Crippen LogP contribution in [0.5, 0.6) is 0 Å². The van der Waals surface area contributed by atoms with E-state index in [1.807, 2.05) is 0 Å². The van der Waals surface area contributed by atoms with E-state index >= 15 is 0 Å². The molecule has 7 heteroatoms. The third-order valence-corrected chi connectivity index (χ3v) is 4.13. The van der Waals surface area contributed by atoms with Crippen molar-refractivity contribution in [3.05, 3.63) is 11.1 Å². The van der Waals surface area contributed by atoms with Gasteiger partial charge in [0.25, 0.3) is 0 Å². The molecule has 0 aromatic carbocycles. The van der Waals surface area contributed by atoms with Gasteiger partial charge in [-0.3, -0.25) is 0 Å². The fourth-order valence-electron chi connectivity index (χ4n) is 2.26. The molecular formula is C10H13N3O3S. The van der Waals surface area contributed by atoms with E-state index in [9.17, 15) is 4.79 Å². The van der Waals surface area contributed by atoms with Crippen LogP contribution in [0.1, 0.15) is 9.67 Å². The van der Waals surface area contributed by atoms with Crippen LogP contribution in [-0.2, 0) is 4.74 Å². The van der Waals surface area contributed by atoms with E-state index in [0.717, 1.165) is 31.4 Å². The smallest absolute Gasteiger partial charge is 0.347 e. The Morgan fingerprint density at radius 3 is 3.24 bits per heavy atom. The number of morpholine rings is 1. The van der Waals surface area contributed by atoms with Crippen molar-refractivity contribution in [1.29, 1.82) is 0 Å². The van der Waals surface area contributed by atoms with Crippen LogP contribution in [-0.4, -0.2) is 54.4 Å². The Hall–Kier alpha value is -1.18. The predicted octanol–water partition coefficient (Wildman–Crippen LogP) is 0.0183. The number of nitrogens with one attached hydrogen (secondary N) is 1. The van der Waals surface area contributed by atoms with E-state index in [4.69, 9.17) is 9.84 Å². The number of ether oxygens (including phenoxy) is 1. The number of aromatic nitrogens is 1. The first-order valence-electron chi connectivity index (χ1n) is 5.53. The Balaban J connectivity index is 1.74. The number of aromatic carboxylic acids is 1. The molecule has 0 unspecified atom stereocenters. The van der Waals surface area contributed by atoms with Crippen LogP contribution < -0.4 is 10.2 Å². The van der Waals surface area contributed by atoms with Crippen LogP contribution in [0.4, 0.5) is 5.13 Å². The Morgan fingerprint density at radius 1 is 1.65 bits per heavy atom. The van der Waals surface area contributed by atoms with E-state index in [0.29, 0.717) is 6.04 Å². The Labute approximate surface area is 102 Å². The summed E-state index contributed by atoms with van der Waals surface area (Å²) in [4.78, 5) is 17.3. The summed E-state index contributed by atoms with van der Waals surface area (Å²) in [5.41, 5.74) is 0. The number of carbonyl (C=O) groups is 1. The molecule has 2 saturated heterocycles. The molecular weight excluding hydrogens is 242 g/mol. The molecule has 0 bridgehead atoms. The summed E-state index contributed by atoms with van der Waals surface area (Å²) in [6.45, 7) is 3.24. The number of fused-ring (bicyclic) bond motifs is 1. The lowest BCUT2D eigenvalue weighted by Crippen LogP contribution is -2.47. The molecule has 2 N–H and O–H groups in total. The molecule has 2 aliphatic heterocycles. The summed E-state index contributed by atoms with van der Waals surface area (Å²) in [5, 5.41) is 13.0. The van der Waals surface area contributed by atoms with Crippen molar-refractivity contribution >= 4 is 22.4 Å². The maximum absolute atomic E-state index is 10.8. The van der Waals surface area contributed by atoms with Crippen LogP contribution in [0.2, 0.25) is 0 Å². The van der Waals surface area contributed by atoms with Gasteiger partial charge >= 0.3 is 5.97 Å². The molecule has 3 heterocycles. The predicted molar refractivity (Wildman–Crippen MR) is 62.8 cm³/mol. The lowest BCUT2D eigenvalue weighted by molar-refractivity contribution is 0.0212. The molecule has 2 fully saturated rings. The van der Waals surface area contributed by atoms with Crippen molar-refractivity contribution in [2.45, 2.75) is 12.1 Å². The molecule has 1 aromatic heterocycles. The number of carboxylic acids is 1. The molecule has 1 aromatic rings. The van der Waals surface area contributed by atoms with Gasteiger partial charge in [-0.05, 0) is 0 Å². The molecule has 92 valence electrons. The first-order valence-corrected chi connectivity index (χ1v) is 6.35. The van der Waals surface area contributed by atoms with E-state index in [2.05, 4.69) is 15.2 Å². The first kappa shape index (κ1) is 10.9. The molecule has 0 radical (unpaired) electrons. The molecule has 3 rings (SSSR count). The van der Waals surface area contributed by atoms with Gasteiger partial charge in [-0.15, -0.1) is 0 Å². The Kier molecular flexibility index (Phi) is 2.73. The van der Waals surface area contributed by atoms with Crippen molar-refractivity contribution in [2.24, 2.45) is 0 Å². The highest BCUT2D eigenvalue weighted by Gasteiger charge is 2.36. The number of hydrogen-bond acceptors (Lipinski definition) is 6. The minimum Gasteiger partial charge on any atom is -0.477 e. The van der Waals surface area contributed by atoms with E-state index in [-0.39, 0.29) is 11.0 Å². The normalized spacial score (nSPS) is 28.1. The molecule has 0 aliphatic carbocycles. The van der Waals surface area contributed by atoms with Gasteiger partial charge in [0.15, 0.2) is 5.13 Å². The minimum absolute atomic E-state index is 0.195. The second-order valence-electron chi connectivity index (χ2n) is 4.19. The van der Waals surface area contributed by atoms with E-state index in [1.54, 1.807) is 0 Å². The number of rotatable bonds is 2. The van der Waals surface area contributed by atoms with E-state index < -0.39 is 5.97 Å². The first-order chi connectivity index (χ1) is 8.24. The lowest BCUT2D eigenvalue weighted by Gasteiger charge is -2.25. The molecule has 0 amide bonds. The summed E-state index contributed by atoms with van der Waals surface area (Å²) in [7, 11) is 0.